The number of rotatable bonds is 4. The first-order chi connectivity index (χ1) is 6.56. The first kappa shape index (κ1) is 11.1. The monoisotopic (exact) mass is 263 g/mol. The minimum atomic E-state index is -0.494. The molecule has 78 valence electrons. The van der Waals surface area contributed by atoms with Crippen molar-refractivity contribution in [2.24, 2.45) is 0 Å². The molecule has 0 fully saturated rings. The quantitative estimate of drug-likeness (QED) is 0.616. The lowest BCUT2D eigenvalue weighted by Gasteiger charge is -2.10. The molecule has 1 unspecified atom stereocenters. The lowest BCUT2D eigenvalue weighted by Crippen LogP contribution is -2.09. The van der Waals surface area contributed by atoms with Crippen LogP contribution in [-0.4, -0.2) is 21.3 Å². The molecule has 14 heavy (non-hydrogen) atoms. The SMILES string of the molecule is CCOC(C)n1cc([N+](=O)[O-])c(Br)n1. The van der Waals surface area contributed by atoms with Crippen LogP contribution in [0.4, 0.5) is 5.69 Å². The predicted molar refractivity (Wildman–Crippen MR) is 52.9 cm³/mol. The minimum Gasteiger partial charge on any atom is -0.357 e. The Morgan fingerprint density at radius 1 is 1.86 bits per heavy atom. The van der Waals surface area contributed by atoms with Crippen LogP contribution in [0.5, 0.6) is 0 Å². The van der Waals surface area contributed by atoms with Gasteiger partial charge in [0.2, 0.25) is 4.60 Å². The lowest BCUT2D eigenvalue weighted by molar-refractivity contribution is -0.385. The Kier molecular flexibility index (Phi) is 3.59. The first-order valence-corrected chi connectivity index (χ1v) is 4.86. The zero-order valence-electron chi connectivity index (χ0n) is 7.81. The number of hydrogen-bond acceptors (Lipinski definition) is 4. The van der Waals surface area contributed by atoms with Gasteiger partial charge in [0, 0.05) is 6.61 Å². The third kappa shape index (κ3) is 2.30. The summed E-state index contributed by atoms with van der Waals surface area (Å²) < 4.78 is 6.86. The van der Waals surface area contributed by atoms with E-state index in [4.69, 9.17) is 4.74 Å². The smallest absolute Gasteiger partial charge is 0.321 e. The summed E-state index contributed by atoms with van der Waals surface area (Å²) in [6.45, 7) is 4.16. The average Bonchev–Trinajstić information content (AvgIpc) is 2.48. The number of nitrogens with zero attached hydrogens (tertiary/aromatic N) is 3. The Bertz CT molecular complexity index is 339. The molecule has 0 amide bonds. The van der Waals surface area contributed by atoms with Crippen LogP contribution in [0.3, 0.4) is 0 Å². The van der Waals surface area contributed by atoms with Crippen molar-refractivity contribution in [1.29, 1.82) is 0 Å². The van der Waals surface area contributed by atoms with Crippen molar-refractivity contribution >= 4 is 21.6 Å². The van der Waals surface area contributed by atoms with Gasteiger partial charge in [-0.25, -0.2) is 4.68 Å². The van der Waals surface area contributed by atoms with E-state index in [0.29, 0.717) is 6.61 Å². The van der Waals surface area contributed by atoms with E-state index in [-0.39, 0.29) is 16.5 Å². The zero-order valence-corrected chi connectivity index (χ0v) is 9.39. The van der Waals surface area contributed by atoms with Crippen LogP contribution in [0.25, 0.3) is 0 Å². The fraction of sp³-hybridized carbons (Fsp3) is 0.571. The summed E-state index contributed by atoms with van der Waals surface area (Å²) in [6, 6.07) is 0. The molecule has 0 aliphatic rings. The van der Waals surface area contributed by atoms with Crippen molar-refractivity contribution in [3.05, 3.63) is 20.9 Å². The number of halogens is 1. The van der Waals surface area contributed by atoms with E-state index in [1.54, 1.807) is 6.92 Å². The second-order valence-electron chi connectivity index (χ2n) is 2.60. The summed E-state index contributed by atoms with van der Waals surface area (Å²) in [5, 5.41) is 14.4. The minimum absolute atomic E-state index is 0.0587. The van der Waals surface area contributed by atoms with E-state index in [1.165, 1.54) is 10.9 Å². The summed E-state index contributed by atoms with van der Waals surface area (Å²) in [4.78, 5) is 10.0. The van der Waals surface area contributed by atoms with Gasteiger partial charge in [-0.05, 0) is 29.8 Å². The molecule has 0 spiro atoms. The maximum absolute atomic E-state index is 10.5. The second-order valence-corrected chi connectivity index (χ2v) is 3.35. The highest BCUT2D eigenvalue weighted by Gasteiger charge is 2.19. The van der Waals surface area contributed by atoms with Gasteiger partial charge in [-0.1, -0.05) is 0 Å². The first-order valence-electron chi connectivity index (χ1n) is 4.07. The zero-order chi connectivity index (χ0) is 10.7. The molecule has 6 nitrogen and oxygen atoms in total. The highest BCUT2D eigenvalue weighted by atomic mass is 79.9. The van der Waals surface area contributed by atoms with Gasteiger partial charge in [0.05, 0.1) is 4.92 Å². The molecule has 0 saturated carbocycles. The average molecular weight is 264 g/mol. The molecular formula is C7H10BrN3O3. The van der Waals surface area contributed by atoms with Gasteiger partial charge in [-0.3, -0.25) is 10.1 Å². The van der Waals surface area contributed by atoms with Crippen LogP contribution >= 0.6 is 15.9 Å². The lowest BCUT2D eigenvalue weighted by atomic mass is 10.6. The largest absolute Gasteiger partial charge is 0.357 e. The maximum atomic E-state index is 10.5. The molecule has 1 rings (SSSR count). The Morgan fingerprint density at radius 2 is 2.50 bits per heavy atom. The fourth-order valence-corrected chi connectivity index (χ4v) is 1.42. The van der Waals surface area contributed by atoms with Gasteiger partial charge < -0.3 is 4.74 Å². The van der Waals surface area contributed by atoms with Crippen LogP contribution in [0.15, 0.2) is 10.8 Å². The molecule has 0 aliphatic heterocycles. The van der Waals surface area contributed by atoms with Crippen molar-refractivity contribution in [2.45, 2.75) is 20.1 Å². The molecule has 0 radical (unpaired) electrons. The van der Waals surface area contributed by atoms with Gasteiger partial charge in [0.25, 0.3) is 0 Å². The van der Waals surface area contributed by atoms with Gasteiger partial charge in [-0.15, -0.1) is 0 Å². The third-order valence-electron chi connectivity index (χ3n) is 1.65. The van der Waals surface area contributed by atoms with Crippen LogP contribution in [-0.2, 0) is 4.74 Å². The van der Waals surface area contributed by atoms with Crippen molar-refractivity contribution in [3.63, 3.8) is 0 Å². The maximum Gasteiger partial charge on any atom is 0.321 e. The molecule has 0 aromatic carbocycles. The molecule has 1 atom stereocenters. The van der Waals surface area contributed by atoms with E-state index in [0.717, 1.165) is 0 Å². The van der Waals surface area contributed by atoms with Crippen LogP contribution in [0, 0.1) is 10.1 Å². The molecular weight excluding hydrogens is 254 g/mol. The summed E-state index contributed by atoms with van der Waals surface area (Å²) in [5.41, 5.74) is -0.0587. The number of nitro groups is 1. The van der Waals surface area contributed by atoms with E-state index < -0.39 is 4.92 Å². The van der Waals surface area contributed by atoms with Gasteiger partial charge >= 0.3 is 5.69 Å². The summed E-state index contributed by atoms with van der Waals surface area (Å²) in [6.07, 6.45) is 1.04. The van der Waals surface area contributed by atoms with E-state index in [1.807, 2.05) is 6.92 Å². The van der Waals surface area contributed by atoms with E-state index >= 15 is 0 Å². The molecule has 1 aromatic rings. The predicted octanol–water partition coefficient (Wildman–Crippen LogP) is 2.11. The molecule has 7 heteroatoms. The number of aromatic nitrogens is 2. The highest BCUT2D eigenvalue weighted by molar-refractivity contribution is 9.10. The van der Waals surface area contributed by atoms with Gasteiger partial charge in [0.1, 0.15) is 12.4 Å². The fourth-order valence-electron chi connectivity index (χ4n) is 0.986. The number of ether oxygens (including phenoxy) is 1. The molecule has 0 N–H and O–H groups in total. The highest BCUT2D eigenvalue weighted by Crippen LogP contribution is 2.24. The molecule has 1 heterocycles. The van der Waals surface area contributed by atoms with Crippen molar-refractivity contribution in [2.75, 3.05) is 6.61 Å². The Balaban J connectivity index is 2.90. The van der Waals surface area contributed by atoms with Crippen LogP contribution in [0.2, 0.25) is 0 Å². The standard InChI is InChI=1S/C7H10BrN3O3/c1-3-14-5(2)10-4-6(11(12)13)7(8)9-10/h4-5H,3H2,1-2H3. The van der Waals surface area contributed by atoms with Crippen molar-refractivity contribution in [3.8, 4) is 0 Å². The van der Waals surface area contributed by atoms with Crippen LogP contribution in [0.1, 0.15) is 20.1 Å². The Morgan fingerprint density at radius 3 is 2.93 bits per heavy atom. The van der Waals surface area contributed by atoms with Crippen LogP contribution < -0.4 is 0 Å². The molecule has 0 saturated heterocycles. The summed E-state index contributed by atoms with van der Waals surface area (Å²) in [7, 11) is 0. The van der Waals surface area contributed by atoms with Gasteiger partial charge in [0.15, 0.2) is 0 Å². The summed E-state index contributed by atoms with van der Waals surface area (Å²) in [5.74, 6) is 0. The molecule has 1 aromatic heterocycles. The molecule has 0 bridgehead atoms. The summed E-state index contributed by atoms with van der Waals surface area (Å²) >= 11 is 3.01. The van der Waals surface area contributed by atoms with E-state index in [2.05, 4.69) is 21.0 Å². The topological polar surface area (TPSA) is 70.2 Å². The number of hydrogen-bond donors (Lipinski definition) is 0. The van der Waals surface area contributed by atoms with Gasteiger partial charge in [-0.2, -0.15) is 5.10 Å². The normalized spacial score (nSPS) is 12.8. The molecule has 0 aliphatic carbocycles. The Labute approximate surface area is 89.1 Å². The van der Waals surface area contributed by atoms with E-state index in [9.17, 15) is 10.1 Å². The van der Waals surface area contributed by atoms with Crippen molar-refractivity contribution < 1.29 is 9.66 Å². The van der Waals surface area contributed by atoms with Crippen molar-refractivity contribution in [1.82, 2.24) is 9.78 Å². The third-order valence-corrected chi connectivity index (χ3v) is 2.21. The Hall–Kier alpha value is -0.950. The second kappa shape index (κ2) is 4.52.